The zero-order chi connectivity index (χ0) is 12.2. The van der Waals surface area contributed by atoms with Crippen LogP contribution in [0.25, 0.3) is 0 Å². The molecule has 15 heavy (non-hydrogen) atoms. The first kappa shape index (κ1) is 13.4. The van der Waals surface area contributed by atoms with Crippen molar-refractivity contribution in [2.24, 2.45) is 29.2 Å². The topological polar surface area (TPSA) is 123 Å². The van der Waals surface area contributed by atoms with Crippen LogP contribution in [-0.2, 0) is 14.4 Å². The number of hydrogen-bond donors (Lipinski definition) is 3. The monoisotopic (exact) mass is 216 g/mol. The van der Waals surface area contributed by atoms with E-state index in [4.69, 9.17) is 16.6 Å². The molecular weight excluding hydrogens is 200 g/mol. The second-order valence-electron chi connectivity index (χ2n) is 3.64. The van der Waals surface area contributed by atoms with Gasteiger partial charge < -0.3 is 16.6 Å². The largest absolute Gasteiger partial charge is 0.481 e. The van der Waals surface area contributed by atoms with Crippen molar-refractivity contribution in [2.45, 2.75) is 20.3 Å². The maximum absolute atomic E-state index is 10.9. The van der Waals surface area contributed by atoms with Gasteiger partial charge in [0.1, 0.15) is 0 Å². The van der Waals surface area contributed by atoms with Gasteiger partial charge >= 0.3 is 5.97 Å². The zero-order valence-electron chi connectivity index (χ0n) is 8.77. The van der Waals surface area contributed by atoms with Gasteiger partial charge in [0.05, 0.1) is 0 Å². The van der Waals surface area contributed by atoms with Crippen LogP contribution in [0.15, 0.2) is 0 Å². The number of rotatable bonds is 6. The Morgan fingerprint density at radius 1 is 1.07 bits per heavy atom. The van der Waals surface area contributed by atoms with Crippen LogP contribution in [0.4, 0.5) is 0 Å². The summed E-state index contributed by atoms with van der Waals surface area (Å²) in [5.41, 5.74) is 10.1. The van der Waals surface area contributed by atoms with Gasteiger partial charge in [0.15, 0.2) is 0 Å². The van der Waals surface area contributed by atoms with Gasteiger partial charge in [0.2, 0.25) is 11.8 Å². The number of amides is 2. The van der Waals surface area contributed by atoms with E-state index in [2.05, 4.69) is 0 Å². The summed E-state index contributed by atoms with van der Waals surface area (Å²) in [5.74, 6) is -4.38. The number of primary amides is 2. The molecular formula is C9H16N2O4. The average molecular weight is 216 g/mol. The quantitative estimate of drug-likeness (QED) is 0.544. The Morgan fingerprint density at radius 2 is 1.40 bits per heavy atom. The summed E-state index contributed by atoms with van der Waals surface area (Å²) < 4.78 is 0. The summed E-state index contributed by atoms with van der Waals surface area (Å²) in [4.78, 5) is 32.4. The molecule has 0 bridgehead atoms. The number of carboxylic acid groups (broad SMARTS) is 1. The lowest BCUT2D eigenvalue weighted by Crippen LogP contribution is -2.37. The highest BCUT2D eigenvalue weighted by Crippen LogP contribution is 2.24. The Hall–Kier alpha value is -1.59. The summed E-state index contributed by atoms with van der Waals surface area (Å²) in [6, 6.07) is 0. The van der Waals surface area contributed by atoms with E-state index in [1.54, 1.807) is 0 Å². The third-order valence-electron chi connectivity index (χ3n) is 2.59. The van der Waals surface area contributed by atoms with Crippen LogP contribution in [0.3, 0.4) is 0 Å². The molecule has 6 heteroatoms. The minimum atomic E-state index is -1.08. The predicted molar refractivity (Wildman–Crippen MR) is 52.5 cm³/mol. The summed E-state index contributed by atoms with van der Waals surface area (Å²) in [6.45, 7) is 2.99. The molecule has 0 aromatic carbocycles. The average Bonchev–Trinajstić information content (AvgIpc) is 2.11. The van der Waals surface area contributed by atoms with Crippen molar-refractivity contribution < 1.29 is 19.5 Å². The lowest BCUT2D eigenvalue weighted by atomic mass is 9.80. The number of nitrogens with two attached hydrogens (primary N) is 2. The maximum Gasteiger partial charge on any atom is 0.303 e. The van der Waals surface area contributed by atoms with Crippen molar-refractivity contribution in [1.82, 2.24) is 0 Å². The third kappa shape index (κ3) is 3.97. The normalized spacial score (nSPS) is 16.4. The van der Waals surface area contributed by atoms with E-state index in [0.717, 1.165) is 0 Å². The van der Waals surface area contributed by atoms with Crippen molar-refractivity contribution in [3.63, 3.8) is 0 Å². The maximum atomic E-state index is 10.9. The minimum Gasteiger partial charge on any atom is -0.481 e. The number of carboxylic acids is 1. The summed E-state index contributed by atoms with van der Waals surface area (Å²) in [5, 5.41) is 8.64. The van der Waals surface area contributed by atoms with Gasteiger partial charge in [-0.15, -0.1) is 0 Å². The molecule has 0 aliphatic carbocycles. The van der Waals surface area contributed by atoms with Gasteiger partial charge in [-0.2, -0.15) is 0 Å². The lowest BCUT2D eigenvalue weighted by molar-refractivity contribution is -0.140. The van der Waals surface area contributed by atoms with E-state index in [1.807, 2.05) is 0 Å². The standard InChI is InChI=1S/C9H16N2O4/c1-4(8(10)14)6(3-7(12)13)5(2)9(11)15/h4-6H,3H2,1-2H3,(H2,10,14)(H2,11,15)(H,12,13). The van der Waals surface area contributed by atoms with Gasteiger partial charge in [0.25, 0.3) is 0 Å². The molecule has 0 aliphatic rings. The molecule has 0 saturated heterocycles. The molecule has 6 nitrogen and oxygen atoms in total. The van der Waals surface area contributed by atoms with Crippen LogP contribution in [0.5, 0.6) is 0 Å². The Kier molecular flexibility index (Phi) is 4.77. The summed E-state index contributed by atoms with van der Waals surface area (Å²) >= 11 is 0. The molecule has 86 valence electrons. The molecule has 0 fully saturated rings. The first-order valence-electron chi connectivity index (χ1n) is 4.57. The van der Waals surface area contributed by atoms with Gasteiger partial charge in [0, 0.05) is 18.3 Å². The van der Waals surface area contributed by atoms with Crippen molar-refractivity contribution >= 4 is 17.8 Å². The highest BCUT2D eigenvalue weighted by atomic mass is 16.4. The molecule has 0 heterocycles. The van der Waals surface area contributed by atoms with Gasteiger partial charge in [-0.1, -0.05) is 13.8 Å². The van der Waals surface area contributed by atoms with Crippen LogP contribution in [0.2, 0.25) is 0 Å². The van der Waals surface area contributed by atoms with Crippen molar-refractivity contribution in [3.8, 4) is 0 Å². The van der Waals surface area contributed by atoms with Gasteiger partial charge in [-0.25, -0.2) is 0 Å². The number of aliphatic carboxylic acids is 1. The molecule has 0 rings (SSSR count). The predicted octanol–water partition coefficient (Wildman–Crippen LogP) is -0.680. The van der Waals surface area contributed by atoms with Crippen LogP contribution in [0, 0.1) is 17.8 Å². The van der Waals surface area contributed by atoms with E-state index in [-0.39, 0.29) is 6.42 Å². The Labute approximate surface area is 87.6 Å². The molecule has 2 atom stereocenters. The third-order valence-corrected chi connectivity index (χ3v) is 2.59. The van der Waals surface area contributed by atoms with Crippen LogP contribution in [0.1, 0.15) is 20.3 Å². The van der Waals surface area contributed by atoms with E-state index >= 15 is 0 Å². The van der Waals surface area contributed by atoms with E-state index in [1.165, 1.54) is 13.8 Å². The molecule has 0 aliphatic heterocycles. The highest BCUT2D eigenvalue weighted by Gasteiger charge is 2.32. The fourth-order valence-corrected chi connectivity index (χ4v) is 1.41. The molecule has 0 spiro atoms. The highest BCUT2D eigenvalue weighted by molar-refractivity contribution is 5.81. The molecule has 0 aromatic rings. The molecule has 0 radical (unpaired) electrons. The number of hydrogen-bond acceptors (Lipinski definition) is 3. The van der Waals surface area contributed by atoms with Gasteiger partial charge in [-0.05, 0) is 5.92 Å². The Morgan fingerprint density at radius 3 is 1.60 bits per heavy atom. The van der Waals surface area contributed by atoms with Crippen LogP contribution < -0.4 is 11.5 Å². The molecule has 5 N–H and O–H groups in total. The van der Waals surface area contributed by atoms with E-state index in [0.29, 0.717) is 0 Å². The molecule has 2 unspecified atom stereocenters. The van der Waals surface area contributed by atoms with Crippen molar-refractivity contribution in [3.05, 3.63) is 0 Å². The van der Waals surface area contributed by atoms with Gasteiger partial charge in [-0.3, -0.25) is 14.4 Å². The van der Waals surface area contributed by atoms with Crippen molar-refractivity contribution in [2.75, 3.05) is 0 Å². The second-order valence-corrected chi connectivity index (χ2v) is 3.64. The smallest absolute Gasteiger partial charge is 0.303 e. The van der Waals surface area contributed by atoms with E-state index in [9.17, 15) is 14.4 Å². The number of carbonyl (C=O) groups is 3. The fraction of sp³-hybridized carbons (Fsp3) is 0.667. The summed E-state index contributed by atoms with van der Waals surface area (Å²) in [7, 11) is 0. The second kappa shape index (κ2) is 5.33. The Balaban J connectivity index is 4.79. The SMILES string of the molecule is CC(C(N)=O)C(CC(=O)O)C(C)C(N)=O. The van der Waals surface area contributed by atoms with Crippen LogP contribution in [-0.4, -0.2) is 22.9 Å². The lowest BCUT2D eigenvalue weighted by Gasteiger charge is -2.24. The molecule has 0 saturated carbocycles. The first-order valence-corrected chi connectivity index (χ1v) is 4.57. The Bertz CT molecular complexity index is 257. The number of carbonyl (C=O) groups excluding carboxylic acids is 2. The van der Waals surface area contributed by atoms with E-state index < -0.39 is 35.5 Å². The zero-order valence-corrected chi connectivity index (χ0v) is 8.77. The molecule has 0 aromatic heterocycles. The summed E-state index contributed by atoms with van der Waals surface area (Å²) in [6.07, 6.45) is -0.297. The van der Waals surface area contributed by atoms with Crippen LogP contribution >= 0.6 is 0 Å². The van der Waals surface area contributed by atoms with Crippen molar-refractivity contribution in [1.29, 1.82) is 0 Å². The molecule has 2 amide bonds. The first-order chi connectivity index (χ1) is 6.77. The fourth-order valence-electron chi connectivity index (χ4n) is 1.41. The minimum absolute atomic E-state index is 0.297.